The van der Waals surface area contributed by atoms with Gasteiger partial charge in [-0.2, -0.15) is 0 Å². The Kier molecular flexibility index (Phi) is 7.06. The quantitative estimate of drug-likeness (QED) is 0.502. The molecule has 1 aromatic carbocycles. The van der Waals surface area contributed by atoms with E-state index in [-0.39, 0.29) is 17.8 Å². The number of hydroxylamine groups is 1. The number of ether oxygens (including phenoxy) is 2. The molecule has 0 amide bonds. The number of nitrogens with one attached hydrogen (secondary N) is 1. The number of rotatable bonds is 6. The van der Waals surface area contributed by atoms with Crippen molar-refractivity contribution in [1.82, 2.24) is 20.4 Å². The van der Waals surface area contributed by atoms with Crippen molar-refractivity contribution >= 4 is 11.8 Å². The van der Waals surface area contributed by atoms with Crippen LogP contribution in [-0.2, 0) is 16.0 Å². The number of fused-ring (bicyclic) bond motifs is 1. The van der Waals surface area contributed by atoms with Crippen LogP contribution >= 0.6 is 0 Å². The van der Waals surface area contributed by atoms with Gasteiger partial charge in [0.25, 0.3) is 0 Å². The maximum Gasteiger partial charge on any atom is 0.220 e. The Morgan fingerprint density at radius 2 is 1.97 bits per heavy atom. The predicted molar refractivity (Wildman–Crippen MR) is 133 cm³/mol. The summed E-state index contributed by atoms with van der Waals surface area (Å²) in [6, 6.07) is 9.66. The molecule has 3 N–H and O–H groups in total. The monoisotopic (exact) mass is 492 g/mol. The van der Waals surface area contributed by atoms with Gasteiger partial charge in [-0.15, -0.1) is 0 Å². The molecule has 5 rings (SSSR count). The molecule has 10 heteroatoms. The third kappa shape index (κ3) is 5.14. The van der Waals surface area contributed by atoms with Crippen molar-refractivity contribution in [3.63, 3.8) is 0 Å². The maximum atomic E-state index is 14.4. The van der Waals surface area contributed by atoms with E-state index in [1.807, 2.05) is 19.1 Å². The highest BCUT2D eigenvalue weighted by molar-refractivity contribution is 6.01. The van der Waals surface area contributed by atoms with Gasteiger partial charge in [0, 0.05) is 31.3 Å². The second-order valence-electron chi connectivity index (χ2n) is 8.95. The maximum absolute atomic E-state index is 14.4. The zero-order valence-electron chi connectivity index (χ0n) is 20.3. The summed E-state index contributed by atoms with van der Waals surface area (Å²) < 4.78 is 25.1. The van der Waals surface area contributed by atoms with Crippen LogP contribution < -0.4 is 16.0 Å². The standard InChI is InChI=1S/C26H29FN6O3/c1-15-24-22(32-26(28)29-15)13-21(31-25(24)33-36-14-16-8-10-35-11-9-16)18-7-6-17(27)12-19(18)20-4-3-5-23(30-20)34-2/h3-7,12,16,21H,8-11,13-14H2,1-2H3,(H,31,33)(H2,28,29,32). The largest absolute Gasteiger partial charge is 0.481 e. The van der Waals surface area contributed by atoms with E-state index >= 15 is 0 Å². The molecular weight excluding hydrogens is 463 g/mol. The Morgan fingerprint density at radius 1 is 1.14 bits per heavy atom. The third-order valence-corrected chi connectivity index (χ3v) is 6.50. The van der Waals surface area contributed by atoms with E-state index < -0.39 is 0 Å². The van der Waals surface area contributed by atoms with Gasteiger partial charge in [-0.25, -0.2) is 24.8 Å². The lowest BCUT2D eigenvalue weighted by Crippen LogP contribution is -2.34. The molecule has 1 fully saturated rings. The summed E-state index contributed by atoms with van der Waals surface area (Å²) in [4.78, 5) is 24.2. The molecule has 36 heavy (non-hydrogen) atoms. The zero-order chi connectivity index (χ0) is 25.1. The minimum atomic E-state index is -0.371. The lowest BCUT2D eigenvalue weighted by Gasteiger charge is -2.27. The molecule has 4 heterocycles. The van der Waals surface area contributed by atoms with Crippen LogP contribution in [0.4, 0.5) is 10.3 Å². The van der Waals surface area contributed by atoms with Crippen molar-refractivity contribution in [2.75, 3.05) is 32.7 Å². The summed E-state index contributed by atoms with van der Waals surface area (Å²) in [6.45, 7) is 3.90. The van der Waals surface area contributed by atoms with Crippen molar-refractivity contribution in [2.45, 2.75) is 32.2 Å². The molecule has 2 aliphatic rings. The normalized spacial score (nSPS) is 17.9. The summed E-state index contributed by atoms with van der Waals surface area (Å²) in [5.74, 6) is 1.22. The van der Waals surface area contributed by atoms with Crippen LogP contribution in [0, 0.1) is 18.7 Å². The minimum Gasteiger partial charge on any atom is -0.481 e. The second kappa shape index (κ2) is 10.5. The lowest BCUT2D eigenvalue weighted by atomic mass is 9.91. The van der Waals surface area contributed by atoms with Crippen molar-refractivity contribution in [2.24, 2.45) is 10.9 Å². The van der Waals surface area contributed by atoms with Crippen LogP contribution in [0.25, 0.3) is 11.3 Å². The molecule has 2 aliphatic heterocycles. The molecule has 3 aromatic rings. The van der Waals surface area contributed by atoms with Gasteiger partial charge in [-0.3, -0.25) is 9.83 Å². The first kappa shape index (κ1) is 24.1. The molecule has 188 valence electrons. The predicted octanol–water partition coefficient (Wildman–Crippen LogP) is 3.57. The van der Waals surface area contributed by atoms with Gasteiger partial charge >= 0.3 is 0 Å². The first-order valence-corrected chi connectivity index (χ1v) is 12.0. The van der Waals surface area contributed by atoms with E-state index in [2.05, 4.69) is 20.4 Å². The van der Waals surface area contributed by atoms with Gasteiger partial charge in [0.15, 0.2) is 5.84 Å². The molecule has 1 saturated heterocycles. The fraction of sp³-hybridized carbons (Fsp3) is 0.385. The van der Waals surface area contributed by atoms with Crippen LogP contribution in [-0.4, -0.2) is 47.7 Å². The van der Waals surface area contributed by atoms with Crippen LogP contribution in [0.15, 0.2) is 41.4 Å². The number of anilines is 1. The molecule has 0 radical (unpaired) electrons. The zero-order valence-corrected chi connectivity index (χ0v) is 20.3. The van der Waals surface area contributed by atoms with Crippen LogP contribution in [0.1, 0.15) is 41.4 Å². The van der Waals surface area contributed by atoms with E-state index in [0.29, 0.717) is 47.6 Å². The van der Waals surface area contributed by atoms with E-state index in [1.54, 1.807) is 19.2 Å². The molecule has 9 nitrogen and oxygen atoms in total. The Labute approximate surface area is 208 Å². The summed E-state index contributed by atoms with van der Waals surface area (Å²) in [5.41, 5.74) is 13.3. The highest BCUT2D eigenvalue weighted by Gasteiger charge is 2.29. The van der Waals surface area contributed by atoms with Gasteiger partial charge in [0.1, 0.15) is 5.82 Å². The number of aliphatic imine (C=N–C) groups is 1. The van der Waals surface area contributed by atoms with Crippen LogP contribution in [0.2, 0.25) is 0 Å². The Hall–Kier alpha value is -3.63. The van der Waals surface area contributed by atoms with Gasteiger partial charge in [-0.05, 0) is 49.4 Å². The number of aryl methyl sites for hydroxylation is 1. The van der Waals surface area contributed by atoms with E-state index in [0.717, 1.165) is 42.9 Å². The number of aromatic nitrogens is 3. The SMILES string of the molecule is COc1cccc(-c2cc(F)ccc2C2Cc3nc(N)nc(C)c3C(NOCC3CCOCC3)=N2)n1. The molecule has 1 unspecified atom stereocenters. The number of benzene rings is 1. The van der Waals surface area contributed by atoms with E-state index in [1.165, 1.54) is 12.1 Å². The van der Waals surface area contributed by atoms with Crippen molar-refractivity contribution in [3.8, 4) is 17.1 Å². The number of nitrogen functional groups attached to an aromatic ring is 1. The number of nitrogens with two attached hydrogens (primary N) is 1. The number of methoxy groups -OCH3 is 1. The summed E-state index contributed by atoms with van der Waals surface area (Å²) in [7, 11) is 1.55. The highest BCUT2D eigenvalue weighted by Crippen LogP contribution is 2.36. The summed E-state index contributed by atoms with van der Waals surface area (Å²) in [6.07, 6.45) is 2.38. The molecule has 2 aromatic heterocycles. The molecule has 0 spiro atoms. The van der Waals surface area contributed by atoms with Gasteiger partial charge in [0.05, 0.1) is 42.4 Å². The number of pyridine rings is 1. The van der Waals surface area contributed by atoms with E-state index in [4.69, 9.17) is 25.0 Å². The first-order chi connectivity index (χ1) is 17.5. The smallest absolute Gasteiger partial charge is 0.220 e. The molecule has 0 bridgehead atoms. The number of halogens is 1. The average Bonchev–Trinajstić information content (AvgIpc) is 2.88. The van der Waals surface area contributed by atoms with Gasteiger partial charge in [-0.1, -0.05) is 12.1 Å². The Morgan fingerprint density at radius 3 is 2.78 bits per heavy atom. The van der Waals surface area contributed by atoms with Crippen LogP contribution in [0.5, 0.6) is 5.88 Å². The van der Waals surface area contributed by atoms with Gasteiger partial charge < -0.3 is 15.2 Å². The van der Waals surface area contributed by atoms with Crippen molar-refractivity contribution in [3.05, 3.63) is 64.7 Å². The minimum absolute atomic E-state index is 0.197. The number of hydrogen-bond donors (Lipinski definition) is 2. The van der Waals surface area contributed by atoms with Crippen molar-refractivity contribution in [1.29, 1.82) is 0 Å². The highest BCUT2D eigenvalue weighted by atomic mass is 19.1. The fourth-order valence-corrected chi connectivity index (χ4v) is 4.68. The number of nitrogens with zero attached hydrogens (tertiary/aromatic N) is 4. The average molecular weight is 493 g/mol. The third-order valence-electron chi connectivity index (χ3n) is 6.50. The number of amidine groups is 1. The second-order valence-corrected chi connectivity index (χ2v) is 8.95. The molecular formula is C26H29FN6O3. The van der Waals surface area contributed by atoms with Crippen LogP contribution in [0.3, 0.4) is 0 Å². The topological polar surface area (TPSA) is 117 Å². The molecule has 1 atom stereocenters. The fourth-order valence-electron chi connectivity index (χ4n) is 4.68. The van der Waals surface area contributed by atoms with E-state index in [9.17, 15) is 4.39 Å². The Balaban J connectivity index is 1.50. The first-order valence-electron chi connectivity index (χ1n) is 12.0. The summed E-state index contributed by atoms with van der Waals surface area (Å²) in [5, 5.41) is 0. The molecule has 0 aliphatic carbocycles. The lowest BCUT2D eigenvalue weighted by molar-refractivity contribution is 0.00177. The van der Waals surface area contributed by atoms with Crippen molar-refractivity contribution < 1.29 is 18.7 Å². The Bertz CT molecular complexity index is 1280. The molecule has 0 saturated carbocycles. The summed E-state index contributed by atoms with van der Waals surface area (Å²) >= 11 is 0. The van der Waals surface area contributed by atoms with Gasteiger partial charge in [0.2, 0.25) is 11.8 Å². The number of hydrogen-bond acceptors (Lipinski definition) is 9.